The minimum Gasteiger partial charge on any atom is -0.397 e. The number of anilines is 2. The first-order valence-corrected chi connectivity index (χ1v) is 11.8. The number of pyridine rings is 1. The maximum Gasteiger partial charge on any atom is 0.267 e. The summed E-state index contributed by atoms with van der Waals surface area (Å²) in [5.74, 6) is -0.164. The molecule has 1 aliphatic carbocycles. The third-order valence-corrected chi connectivity index (χ3v) is 7.78. The Bertz CT molecular complexity index is 1280. The van der Waals surface area contributed by atoms with Crippen LogP contribution in [0.1, 0.15) is 44.0 Å². The van der Waals surface area contributed by atoms with E-state index in [1.54, 1.807) is 11.3 Å². The SMILES string of the molecule is Cc1cc(C)c(NC(=O)c2sc3nc4c(c(-c5cccs5)c3c2N)CCC4)c(C)c1. The van der Waals surface area contributed by atoms with Gasteiger partial charge in [-0.3, -0.25) is 4.79 Å². The molecule has 0 bridgehead atoms. The van der Waals surface area contributed by atoms with Crippen LogP contribution in [0, 0.1) is 20.8 Å². The first kappa shape index (κ1) is 19.3. The highest BCUT2D eigenvalue weighted by Gasteiger charge is 2.27. The molecule has 3 heterocycles. The van der Waals surface area contributed by atoms with E-state index in [9.17, 15) is 4.79 Å². The molecule has 0 spiro atoms. The predicted octanol–water partition coefficient (Wildman–Crippen LogP) is 6.27. The van der Waals surface area contributed by atoms with Gasteiger partial charge in [-0.25, -0.2) is 4.98 Å². The monoisotopic (exact) mass is 433 g/mol. The van der Waals surface area contributed by atoms with Gasteiger partial charge in [0.05, 0.1) is 5.69 Å². The van der Waals surface area contributed by atoms with E-state index < -0.39 is 0 Å². The van der Waals surface area contributed by atoms with Gasteiger partial charge in [0, 0.05) is 27.2 Å². The largest absolute Gasteiger partial charge is 0.397 e. The topological polar surface area (TPSA) is 68.0 Å². The molecule has 0 saturated heterocycles. The summed E-state index contributed by atoms with van der Waals surface area (Å²) < 4.78 is 0. The number of nitrogens with zero attached hydrogens (tertiary/aromatic N) is 1. The average Bonchev–Trinajstić information content (AvgIpc) is 3.43. The number of amides is 1. The van der Waals surface area contributed by atoms with E-state index in [1.807, 2.05) is 13.8 Å². The first-order valence-electron chi connectivity index (χ1n) is 10.1. The highest BCUT2D eigenvalue weighted by Crippen LogP contribution is 2.45. The number of aromatic nitrogens is 1. The van der Waals surface area contributed by atoms with Gasteiger partial charge in [-0.15, -0.1) is 22.7 Å². The molecule has 6 heteroatoms. The molecule has 1 aromatic carbocycles. The molecule has 4 nitrogen and oxygen atoms in total. The van der Waals surface area contributed by atoms with Crippen molar-refractivity contribution >= 4 is 50.2 Å². The minimum atomic E-state index is -0.164. The standard InChI is InChI=1S/C24H23N3OS2/c1-12-10-13(2)21(14(3)11-12)27-23(28)22-20(25)19-18(17-8-5-9-29-17)15-6-4-7-16(15)26-24(19)30-22/h5,8-11H,4,6-7,25H2,1-3H3,(H,27,28). The van der Waals surface area contributed by atoms with Crippen molar-refractivity contribution in [3.8, 4) is 10.4 Å². The molecule has 4 aromatic rings. The van der Waals surface area contributed by atoms with Crippen molar-refractivity contribution in [1.82, 2.24) is 4.98 Å². The number of fused-ring (bicyclic) bond motifs is 2. The quantitative estimate of drug-likeness (QED) is 0.400. The van der Waals surface area contributed by atoms with E-state index in [4.69, 9.17) is 10.7 Å². The van der Waals surface area contributed by atoms with Crippen molar-refractivity contribution in [2.45, 2.75) is 40.0 Å². The van der Waals surface area contributed by atoms with Crippen molar-refractivity contribution < 1.29 is 4.79 Å². The van der Waals surface area contributed by atoms with Crippen LogP contribution in [0.3, 0.4) is 0 Å². The molecular weight excluding hydrogens is 410 g/mol. The summed E-state index contributed by atoms with van der Waals surface area (Å²) >= 11 is 3.11. The minimum absolute atomic E-state index is 0.164. The van der Waals surface area contributed by atoms with E-state index >= 15 is 0 Å². The lowest BCUT2D eigenvalue weighted by atomic mass is 10.0. The molecule has 0 fully saturated rings. The molecule has 30 heavy (non-hydrogen) atoms. The van der Waals surface area contributed by atoms with Gasteiger partial charge in [0.2, 0.25) is 0 Å². The zero-order valence-corrected chi connectivity index (χ0v) is 18.9. The van der Waals surface area contributed by atoms with Gasteiger partial charge in [0.1, 0.15) is 9.71 Å². The zero-order chi connectivity index (χ0) is 21.0. The lowest BCUT2D eigenvalue weighted by Gasteiger charge is -2.12. The molecule has 0 atom stereocenters. The summed E-state index contributed by atoms with van der Waals surface area (Å²) in [6, 6.07) is 8.36. The smallest absolute Gasteiger partial charge is 0.267 e. The summed E-state index contributed by atoms with van der Waals surface area (Å²) in [5.41, 5.74) is 14.9. The Morgan fingerprint density at radius 2 is 1.93 bits per heavy atom. The van der Waals surface area contributed by atoms with Gasteiger partial charge < -0.3 is 11.1 Å². The number of nitrogens with one attached hydrogen (secondary N) is 1. The van der Waals surface area contributed by atoms with E-state index in [2.05, 4.69) is 41.9 Å². The molecule has 3 aromatic heterocycles. The Morgan fingerprint density at radius 1 is 1.17 bits per heavy atom. The molecule has 0 saturated carbocycles. The van der Waals surface area contributed by atoms with Crippen LogP contribution in [0.2, 0.25) is 0 Å². The fraction of sp³-hybridized carbons (Fsp3) is 0.250. The molecule has 0 unspecified atom stereocenters. The van der Waals surface area contributed by atoms with E-state index in [0.29, 0.717) is 10.6 Å². The number of nitrogens with two attached hydrogens (primary N) is 1. The molecule has 0 radical (unpaired) electrons. The first-order chi connectivity index (χ1) is 14.4. The summed E-state index contributed by atoms with van der Waals surface area (Å²) in [7, 11) is 0. The third-order valence-electron chi connectivity index (χ3n) is 5.79. The Hall–Kier alpha value is -2.70. The second-order valence-corrected chi connectivity index (χ2v) is 9.94. The molecule has 0 aliphatic heterocycles. The van der Waals surface area contributed by atoms with E-state index in [0.717, 1.165) is 52.0 Å². The molecule has 1 amide bonds. The second-order valence-electron chi connectivity index (χ2n) is 8.00. The van der Waals surface area contributed by atoms with Crippen molar-refractivity contribution in [2.75, 3.05) is 11.1 Å². The normalized spacial score (nSPS) is 13.0. The van der Waals surface area contributed by atoms with Crippen molar-refractivity contribution in [2.24, 2.45) is 0 Å². The van der Waals surface area contributed by atoms with Gasteiger partial charge in [0.15, 0.2) is 0 Å². The lowest BCUT2D eigenvalue weighted by Crippen LogP contribution is -2.14. The van der Waals surface area contributed by atoms with Crippen LogP contribution >= 0.6 is 22.7 Å². The average molecular weight is 434 g/mol. The number of carbonyl (C=O) groups excluding carboxylic acids is 1. The molecule has 3 N–H and O–H groups in total. The summed E-state index contributed by atoms with van der Waals surface area (Å²) in [5, 5.41) is 6.12. The summed E-state index contributed by atoms with van der Waals surface area (Å²) in [6.07, 6.45) is 3.13. The number of carbonyl (C=O) groups is 1. The predicted molar refractivity (Wildman–Crippen MR) is 128 cm³/mol. The Balaban J connectivity index is 1.65. The van der Waals surface area contributed by atoms with Crippen LogP contribution in [0.5, 0.6) is 0 Å². The number of hydrogen-bond acceptors (Lipinski definition) is 5. The van der Waals surface area contributed by atoms with Crippen LogP contribution in [0.4, 0.5) is 11.4 Å². The van der Waals surface area contributed by atoms with Gasteiger partial charge in [-0.05, 0) is 68.2 Å². The highest BCUT2D eigenvalue weighted by atomic mass is 32.1. The number of nitrogen functional groups attached to an aromatic ring is 1. The molecular formula is C24H23N3OS2. The van der Waals surface area contributed by atoms with Crippen LogP contribution in [0.25, 0.3) is 20.7 Å². The van der Waals surface area contributed by atoms with Crippen LogP contribution in [0.15, 0.2) is 29.6 Å². The van der Waals surface area contributed by atoms with E-state index in [-0.39, 0.29) is 5.91 Å². The maximum atomic E-state index is 13.2. The van der Waals surface area contributed by atoms with Gasteiger partial charge in [-0.1, -0.05) is 23.8 Å². The molecule has 152 valence electrons. The number of hydrogen-bond donors (Lipinski definition) is 2. The fourth-order valence-electron chi connectivity index (χ4n) is 4.55. The van der Waals surface area contributed by atoms with Gasteiger partial charge in [-0.2, -0.15) is 0 Å². The van der Waals surface area contributed by atoms with Crippen LogP contribution in [-0.4, -0.2) is 10.9 Å². The third kappa shape index (κ3) is 3.02. The molecule has 5 rings (SSSR count). The Labute approximate surface area is 183 Å². The summed E-state index contributed by atoms with van der Waals surface area (Å²) in [4.78, 5) is 20.7. The summed E-state index contributed by atoms with van der Waals surface area (Å²) in [6.45, 7) is 6.10. The highest BCUT2D eigenvalue weighted by molar-refractivity contribution is 7.21. The number of thiophene rings is 2. The van der Waals surface area contributed by atoms with Crippen molar-refractivity contribution in [3.63, 3.8) is 0 Å². The van der Waals surface area contributed by atoms with Crippen molar-refractivity contribution in [1.29, 1.82) is 0 Å². The van der Waals surface area contributed by atoms with Crippen molar-refractivity contribution in [3.05, 3.63) is 62.5 Å². The maximum absolute atomic E-state index is 13.2. The lowest BCUT2D eigenvalue weighted by molar-refractivity contribution is 0.103. The van der Waals surface area contributed by atoms with Crippen LogP contribution in [-0.2, 0) is 12.8 Å². The number of aryl methyl sites for hydroxylation is 4. The molecule has 1 aliphatic rings. The Morgan fingerprint density at radius 3 is 2.63 bits per heavy atom. The van der Waals surface area contributed by atoms with E-state index in [1.165, 1.54) is 32.9 Å². The number of benzene rings is 1. The van der Waals surface area contributed by atoms with Gasteiger partial charge >= 0.3 is 0 Å². The van der Waals surface area contributed by atoms with Crippen LogP contribution < -0.4 is 11.1 Å². The number of rotatable bonds is 3. The fourth-order valence-corrected chi connectivity index (χ4v) is 6.38. The Kier molecular flexibility index (Phi) is 4.64. The zero-order valence-electron chi connectivity index (χ0n) is 17.3. The van der Waals surface area contributed by atoms with Gasteiger partial charge in [0.25, 0.3) is 5.91 Å². The second kappa shape index (κ2) is 7.22.